The molecule has 3 nitrogen and oxygen atoms in total. The standard InChI is InChI=1S/C7H12FNO2.CH3Cl/c8-6(7(10)11)4-2-1-3-5-9;1-2/h4H,1-3,5,9H2,(H,10,11);1H3/p+1/b6-4-;. The Morgan fingerprint density at radius 2 is 2.08 bits per heavy atom. The Bertz CT molecular complexity index is 162. The molecule has 0 saturated carbocycles. The fourth-order valence-corrected chi connectivity index (χ4v) is 0.637. The number of unbranched alkanes of at least 4 members (excludes halogenated alkanes) is 2. The number of carboxylic acid groups (broad SMARTS) is 1. The zero-order valence-corrected chi connectivity index (χ0v) is 8.48. The summed E-state index contributed by atoms with van der Waals surface area (Å²) >= 11 is 4.64. The van der Waals surface area contributed by atoms with Crippen LogP contribution in [0.4, 0.5) is 4.39 Å². The normalized spacial score (nSPS) is 10.3. The molecule has 0 spiro atoms. The maximum Gasteiger partial charge on any atom is 0.364 e. The Balaban J connectivity index is 0. The number of aliphatic carboxylic acids is 1. The van der Waals surface area contributed by atoms with Gasteiger partial charge in [0.15, 0.2) is 0 Å². The monoisotopic (exact) mass is 212 g/mol. The maximum absolute atomic E-state index is 12.2. The van der Waals surface area contributed by atoms with E-state index in [0.717, 1.165) is 25.5 Å². The summed E-state index contributed by atoms with van der Waals surface area (Å²) in [6, 6.07) is 0. The third-order valence-corrected chi connectivity index (χ3v) is 1.23. The fourth-order valence-electron chi connectivity index (χ4n) is 0.637. The first-order valence-electron chi connectivity index (χ1n) is 3.94. The lowest BCUT2D eigenvalue weighted by Crippen LogP contribution is -2.50. The summed E-state index contributed by atoms with van der Waals surface area (Å²) in [4.78, 5) is 9.91. The second-order valence-corrected chi connectivity index (χ2v) is 2.21. The zero-order chi connectivity index (χ0) is 10.7. The van der Waals surface area contributed by atoms with Gasteiger partial charge in [0.05, 0.1) is 6.54 Å². The van der Waals surface area contributed by atoms with Crippen LogP contribution in [-0.2, 0) is 4.79 Å². The summed E-state index contributed by atoms with van der Waals surface area (Å²) in [5.74, 6) is -2.55. The van der Waals surface area contributed by atoms with Crippen LogP contribution in [0.1, 0.15) is 19.3 Å². The van der Waals surface area contributed by atoms with Crippen molar-refractivity contribution in [2.45, 2.75) is 19.3 Å². The van der Waals surface area contributed by atoms with Gasteiger partial charge in [0.1, 0.15) is 0 Å². The van der Waals surface area contributed by atoms with E-state index in [9.17, 15) is 9.18 Å². The number of hydrogen-bond donors (Lipinski definition) is 2. The SMILES string of the molecule is CCl.[NH3+]CCCC/C=C(\F)C(=O)O. The summed E-state index contributed by atoms with van der Waals surface area (Å²) in [5, 5.41) is 8.08. The number of carboxylic acids is 1. The van der Waals surface area contributed by atoms with Crippen LogP contribution in [0.25, 0.3) is 0 Å². The van der Waals surface area contributed by atoms with Crippen LogP contribution in [0, 0.1) is 0 Å². The van der Waals surface area contributed by atoms with Gasteiger partial charge in [-0.25, -0.2) is 4.79 Å². The lowest BCUT2D eigenvalue weighted by Gasteiger charge is -1.90. The van der Waals surface area contributed by atoms with Crippen molar-refractivity contribution in [3.05, 3.63) is 11.9 Å². The van der Waals surface area contributed by atoms with Crippen molar-refractivity contribution < 1.29 is 20.0 Å². The minimum Gasteiger partial charge on any atom is -0.476 e. The summed E-state index contributed by atoms with van der Waals surface area (Å²) in [5.41, 5.74) is 3.61. The van der Waals surface area contributed by atoms with E-state index in [1.165, 1.54) is 6.38 Å². The van der Waals surface area contributed by atoms with E-state index in [-0.39, 0.29) is 0 Å². The molecule has 0 heterocycles. The lowest BCUT2D eigenvalue weighted by atomic mass is 10.2. The summed E-state index contributed by atoms with van der Waals surface area (Å²) in [7, 11) is 0. The van der Waals surface area contributed by atoms with Gasteiger partial charge in [-0.15, -0.1) is 11.6 Å². The van der Waals surface area contributed by atoms with Crippen molar-refractivity contribution in [3.8, 4) is 0 Å². The molecule has 4 N–H and O–H groups in total. The molecule has 13 heavy (non-hydrogen) atoms. The number of alkyl halides is 1. The summed E-state index contributed by atoms with van der Waals surface area (Å²) in [6.45, 7) is 0.808. The topological polar surface area (TPSA) is 64.9 Å². The average Bonchev–Trinajstić information content (AvgIpc) is 2.15. The zero-order valence-electron chi connectivity index (χ0n) is 7.72. The minimum atomic E-state index is -1.49. The molecule has 0 saturated heterocycles. The fraction of sp³-hybridized carbons (Fsp3) is 0.625. The molecule has 0 radical (unpaired) electrons. The molecule has 0 amide bonds. The molecule has 0 fully saturated rings. The van der Waals surface area contributed by atoms with Gasteiger partial charge >= 0.3 is 5.97 Å². The summed E-state index contributed by atoms with van der Waals surface area (Å²) < 4.78 is 12.2. The van der Waals surface area contributed by atoms with Gasteiger partial charge in [0.2, 0.25) is 5.83 Å². The van der Waals surface area contributed by atoms with Gasteiger partial charge < -0.3 is 10.8 Å². The predicted molar refractivity (Wildman–Crippen MR) is 50.2 cm³/mol. The molecule has 0 unspecified atom stereocenters. The number of rotatable bonds is 5. The van der Waals surface area contributed by atoms with E-state index in [2.05, 4.69) is 17.3 Å². The Labute approximate surface area is 82.4 Å². The maximum atomic E-state index is 12.2. The highest BCUT2D eigenvalue weighted by Crippen LogP contribution is 2.01. The van der Waals surface area contributed by atoms with Gasteiger partial charge in [-0.05, 0) is 25.3 Å². The van der Waals surface area contributed by atoms with Gasteiger partial charge in [-0.2, -0.15) is 4.39 Å². The Morgan fingerprint density at radius 3 is 2.46 bits per heavy atom. The van der Waals surface area contributed by atoms with Crippen molar-refractivity contribution in [1.82, 2.24) is 0 Å². The van der Waals surface area contributed by atoms with Crippen molar-refractivity contribution in [2.75, 3.05) is 12.9 Å². The van der Waals surface area contributed by atoms with Gasteiger partial charge in [-0.3, -0.25) is 0 Å². The molecule has 0 aliphatic rings. The van der Waals surface area contributed by atoms with E-state index in [0.29, 0.717) is 6.42 Å². The molecule has 5 heteroatoms. The van der Waals surface area contributed by atoms with Crippen LogP contribution in [-0.4, -0.2) is 24.0 Å². The number of halogens is 2. The first-order chi connectivity index (χ1) is 6.18. The minimum absolute atomic E-state index is 0.480. The third-order valence-electron chi connectivity index (χ3n) is 1.23. The van der Waals surface area contributed by atoms with Crippen LogP contribution in [0.2, 0.25) is 0 Å². The van der Waals surface area contributed by atoms with Crippen LogP contribution < -0.4 is 5.73 Å². The smallest absolute Gasteiger partial charge is 0.364 e. The Hall–Kier alpha value is -0.610. The molecule has 0 aliphatic carbocycles. The molecular formula is C8H16ClFNO2+. The summed E-state index contributed by atoms with van der Waals surface area (Å²) in [6.07, 6.45) is 4.75. The second-order valence-electron chi connectivity index (χ2n) is 2.21. The molecular weight excluding hydrogens is 197 g/mol. The third kappa shape index (κ3) is 11.4. The van der Waals surface area contributed by atoms with E-state index in [1.54, 1.807) is 0 Å². The second kappa shape index (κ2) is 11.4. The van der Waals surface area contributed by atoms with Crippen molar-refractivity contribution in [3.63, 3.8) is 0 Å². The average molecular weight is 213 g/mol. The molecule has 0 atom stereocenters. The highest BCUT2D eigenvalue weighted by atomic mass is 35.5. The number of quaternary nitrogens is 1. The molecule has 0 aromatic rings. The number of allylic oxidation sites excluding steroid dienone is 1. The molecule has 0 aliphatic heterocycles. The van der Waals surface area contributed by atoms with Crippen LogP contribution in [0.5, 0.6) is 0 Å². The molecule has 0 rings (SSSR count). The van der Waals surface area contributed by atoms with E-state index in [4.69, 9.17) is 5.11 Å². The first-order valence-corrected chi connectivity index (χ1v) is 4.70. The molecule has 78 valence electrons. The van der Waals surface area contributed by atoms with Gasteiger partial charge in [-0.1, -0.05) is 0 Å². The Kier molecular flexibility index (Phi) is 13.0. The highest BCUT2D eigenvalue weighted by Gasteiger charge is 2.02. The van der Waals surface area contributed by atoms with Crippen LogP contribution >= 0.6 is 11.6 Å². The largest absolute Gasteiger partial charge is 0.476 e. The van der Waals surface area contributed by atoms with Gasteiger partial charge in [0.25, 0.3) is 0 Å². The van der Waals surface area contributed by atoms with E-state index in [1.807, 2.05) is 0 Å². The van der Waals surface area contributed by atoms with E-state index < -0.39 is 11.8 Å². The van der Waals surface area contributed by atoms with Gasteiger partial charge in [0, 0.05) is 6.38 Å². The number of hydrogen-bond acceptors (Lipinski definition) is 1. The molecule has 0 bridgehead atoms. The molecule has 0 aromatic heterocycles. The lowest BCUT2D eigenvalue weighted by molar-refractivity contribution is -0.368. The Morgan fingerprint density at radius 1 is 1.54 bits per heavy atom. The van der Waals surface area contributed by atoms with Crippen molar-refractivity contribution in [2.24, 2.45) is 0 Å². The quantitative estimate of drug-likeness (QED) is 0.409. The predicted octanol–water partition coefficient (Wildman–Crippen LogP) is 1.19. The van der Waals surface area contributed by atoms with Crippen molar-refractivity contribution in [1.29, 1.82) is 0 Å². The number of carbonyl (C=O) groups is 1. The molecule has 0 aromatic carbocycles. The van der Waals surface area contributed by atoms with Crippen molar-refractivity contribution >= 4 is 17.6 Å². The van der Waals surface area contributed by atoms with Crippen LogP contribution in [0.15, 0.2) is 11.9 Å². The first kappa shape index (κ1) is 14.9. The highest BCUT2D eigenvalue weighted by molar-refractivity contribution is 6.15. The van der Waals surface area contributed by atoms with E-state index >= 15 is 0 Å². The van der Waals surface area contributed by atoms with Crippen LogP contribution in [0.3, 0.4) is 0 Å².